The van der Waals surface area contributed by atoms with Gasteiger partial charge in [0.15, 0.2) is 0 Å². The Balaban J connectivity index is 3.96. The number of carbonyl (C=O) groups excluding carboxylic acids is 2. The van der Waals surface area contributed by atoms with E-state index in [4.69, 9.17) is 10.5 Å². The predicted octanol–water partition coefficient (Wildman–Crippen LogP) is 0.916. The number of nitrogens with two attached hydrogens (primary N) is 1. The van der Waals surface area contributed by atoms with Crippen LogP contribution in [0.1, 0.15) is 41.0 Å². The molecule has 0 heterocycles. The minimum absolute atomic E-state index is 0.317. The van der Waals surface area contributed by atoms with E-state index < -0.39 is 23.6 Å². The van der Waals surface area contributed by atoms with E-state index in [-0.39, 0.29) is 0 Å². The summed E-state index contributed by atoms with van der Waals surface area (Å²) in [5, 5.41) is 0. The van der Waals surface area contributed by atoms with Crippen molar-refractivity contribution in [1.29, 1.82) is 0 Å². The van der Waals surface area contributed by atoms with Crippen molar-refractivity contribution >= 4 is 12.0 Å². The highest BCUT2D eigenvalue weighted by atomic mass is 16.6. The van der Waals surface area contributed by atoms with Crippen LogP contribution < -0.4 is 16.6 Å². The molecule has 0 aliphatic rings. The van der Waals surface area contributed by atoms with E-state index in [0.29, 0.717) is 12.3 Å². The molecule has 2 amide bonds. The van der Waals surface area contributed by atoms with Crippen molar-refractivity contribution < 1.29 is 14.3 Å². The average molecular weight is 245 g/mol. The fourth-order valence-corrected chi connectivity index (χ4v) is 1.12. The topological polar surface area (TPSA) is 93.5 Å². The average Bonchev–Trinajstić information content (AvgIpc) is 2.10. The third-order valence-corrected chi connectivity index (χ3v) is 1.75. The zero-order chi connectivity index (χ0) is 13.6. The largest absolute Gasteiger partial charge is 0.443 e. The van der Waals surface area contributed by atoms with Gasteiger partial charge < -0.3 is 10.5 Å². The highest BCUT2D eigenvalue weighted by Crippen LogP contribution is 2.06. The number of carbonyl (C=O) groups is 2. The van der Waals surface area contributed by atoms with Crippen LogP contribution in [0.15, 0.2) is 0 Å². The van der Waals surface area contributed by atoms with Crippen molar-refractivity contribution in [2.75, 3.05) is 0 Å². The van der Waals surface area contributed by atoms with Crippen molar-refractivity contribution in [3.05, 3.63) is 0 Å². The molecular formula is C11H23N3O3. The normalized spacial score (nSPS) is 13.1. The van der Waals surface area contributed by atoms with E-state index in [1.807, 2.05) is 13.8 Å². The molecule has 0 saturated heterocycles. The summed E-state index contributed by atoms with van der Waals surface area (Å²) in [6, 6.07) is -0.634. The maximum absolute atomic E-state index is 11.4. The molecule has 0 aromatic heterocycles. The first-order chi connectivity index (χ1) is 7.61. The molecule has 0 spiro atoms. The second-order valence-electron chi connectivity index (χ2n) is 5.35. The quantitative estimate of drug-likeness (QED) is 0.644. The van der Waals surface area contributed by atoms with E-state index >= 15 is 0 Å². The Labute approximate surface area is 102 Å². The molecule has 0 unspecified atom stereocenters. The lowest BCUT2D eigenvalue weighted by atomic mass is 10.0. The van der Waals surface area contributed by atoms with Gasteiger partial charge in [0.25, 0.3) is 5.91 Å². The Morgan fingerprint density at radius 1 is 1.24 bits per heavy atom. The molecule has 6 heteroatoms. The highest BCUT2D eigenvalue weighted by Gasteiger charge is 2.18. The SMILES string of the molecule is CC(C)C[C@@H](N)C(=O)NNC(=O)OC(C)(C)C. The number of rotatable bonds is 3. The predicted molar refractivity (Wildman–Crippen MR) is 64.9 cm³/mol. The van der Waals surface area contributed by atoms with E-state index in [1.54, 1.807) is 20.8 Å². The molecule has 1 atom stereocenters. The number of hydrazine groups is 1. The zero-order valence-electron chi connectivity index (χ0n) is 11.2. The number of hydrogen-bond donors (Lipinski definition) is 3. The third-order valence-electron chi connectivity index (χ3n) is 1.75. The van der Waals surface area contributed by atoms with Gasteiger partial charge in [0.2, 0.25) is 0 Å². The van der Waals surface area contributed by atoms with Crippen LogP contribution >= 0.6 is 0 Å². The van der Waals surface area contributed by atoms with E-state index in [0.717, 1.165) is 0 Å². The molecule has 0 aliphatic heterocycles. The van der Waals surface area contributed by atoms with Gasteiger partial charge in [0.05, 0.1) is 6.04 Å². The first kappa shape index (κ1) is 15.7. The second kappa shape index (κ2) is 6.44. The van der Waals surface area contributed by atoms with Crippen LogP contribution in [0.3, 0.4) is 0 Å². The van der Waals surface area contributed by atoms with Crippen LogP contribution in [0.4, 0.5) is 4.79 Å². The third kappa shape index (κ3) is 8.50. The van der Waals surface area contributed by atoms with Crippen molar-refractivity contribution in [2.24, 2.45) is 11.7 Å². The number of amides is 2. The summed E-state index contributed by atoms with van der Waals surface area (Å²) in [5.74, 6) is -0.109. The Hall–Kier alpha value is -1.30. The maximum atomic E-state index is 11.4. The van der Waals surface area contributed by atoms with Crippen molar-refractivity contribution in [2.45, 2.75) is 52.7 Å². The molecule has 0 radical (unpaired) electrons. The first-order valence-electron chi connectivity index (χ1n) is 5.66. The van der Waals surface area contributed by atoms with Crippen LogP contribution in [0.5, 0.6) is 0 Å². The number of ether oxygens (including phenoxy) is 1. The van der Waals surface area contributed by atoms with Crippen molar-refractivity contribution in [1.82, 2.24) is 10.9 Å². The van der Waals surface area contributed by atoms with Gasteiger partial charge in [-0.2, -0.15) is 0 Å². The van der Waals surface area contributed by atoms with Gasteiger partial charge in [-0.25, -0.2) is 10.2 Å². The molecule has 0 bridgehead atoms. The summed E-state index contributed by atoms with van der Waals surface area (Å²) < 4.78 is 4.94. The van der Waals surface area contributed by atoms with E-state index in [2.05, 4.69) is 10.9 Å². The highest BCUT2D eigenvalue weighted by molar-refractivity contribution is 5.83. The summed E-state index contributed by atoms with van der Waals surface area (Å²) in [7, 11) is 0. The smallest absolute Gasteiger partial charge is 0.426 e. The zero-order valence-corrected chi connectivity index (χ0v) is 11.2. The molecule has 0 rings (SSSR count). The minimum Gasteiger partial charge on any atom is -0.443 e. The summed E-state index contributed by atoms with van der Waals surface area (Å²) >= 11 is 0. The van der Waals surface area contributed by atoms with Gasteiger partial charge in [-0.15, -0.1) is 0 Å². The van der Waals surface area contributed by atoms with Gasteiger partial charge in [-0.05, 0) is 33.1 Å². The Morgan fingerprint density at radius 3 is 2.18 bits per heavy atom. The Bertz CT molecular complexity index is 272. The molecule has 100 valence electrons. The van der Waals surface area contributed by atoms with Crippen molar-refractivity contribution in [3.63, 3.8) is 0 Å². The Morgan fingerprint density at radius 2 is 1.76 bits per heavy atom. The second-order valence-corrected chi connectivity index (χ2v) is 5.35. The summed E-state index contributed by atoms with van der Waals surface area (Å²) in [6.45, 7) is 9.14. The minimum atomic E-state index is -0.706. The molecule has 6 nitrogen and oxygen atoms in total. The molecular weight excluding hydrogens is 222 g/mol. The van der Waals surface area contributed by atoms with Crippen LogP contribution in [0, 0.1) is 5.92 Å². The molecule has 0 saturated carbocycles. The standard InChI is InChI=1S/C11H23N3O3/c1-7(2)6-8(12)9(15)13-14-10(16)17-11(3,4)5/h7-8H,6,12H2,1-5H3,(H,13,15)(H,14,16)/t8-/m1/s1. The first-order valence-corrected chi connectivity index (χ1v) is 5.66. The van der Waals surface area contributed by atoms with Crippen LogP contribution in [-0.4, -0.2) is 23.6 Å². The van der Waals surface area contributed by atoms with E-state index in [9.17, 15) is 9.59 Å². The van der Waals surface area contributed by atoms with Crippen molar-refractivity contribution in [3.8, 4) is 0 Å². The summed E-state index contributed by atoms with van der Waals surface area (Å²) in [5.41, 5.74) is 9.40. The summed E-state index contributed by atoms with van der Waals surface area (Å²) in [6.07, 6.45) is -0.149. The molecule has 0 aromatic carbocycles. The van der Waals surface area contributed by atoms with Crippen LogP contribution in [-0.2, 0) is 9.53 Å². The number of hydrogen-bond acceptors (Lipinski definition) is 4. The molecule has 0 aliphatic carbocycles. The molecule has 17 heavy (non-hydrogen) atoms. The maximum Gasteiger partial charge on any atom is 0.426 e. The fourth-order valence-electron chi connectivity index (χ4n) is 1.12. The fraction of sp³-hybridized carbons (Fsp3) is 0.818. The van der Waals surface area contributed by atoms with Gasteiger partial charge in [0, 0.05) is 0 Å². The van der Waals surface area contributed by atoms with Crippen LogP contribution in [0.2, 0.25) is 0 Å². The number of nitrogens with one attached hydrogen (secondary N) is 2. The van der Waals surface area contributed by atoms with Gasteiger partial charge >= 0.3 is 6.09 Å². The lowest BCUT2D eigenvalue weighted by Crippen LogP contribution is -2.50. The molecule has 0 fully saturated rings. The lowest BCUT2D eigenvalue weighted by molar-refractivity contribution is -0.123. The van der Waals surface area contributed by atoms with Crippen LogP contribution in [0.25, 0.3) is 0 Å². The molecule has 0 aromatic rings. The lowest BCUT2D eigenvalue weighted by Gasteiger charge is -2.20. The Kier molecular flexibility index (Phi) is 5.95. The monoisotopic (exact) mass is 245 g/mol. The van der Waals surface area contributed by atoms with E-state index in [1.165, 1.54) is 0 Å². The van der Waals surface area contributed by atoms with Gasteiger partial charge in [-0.1, -0.05) is 13.8 Å². The summed E-state index contributed by atoms with van der Waals surface area (Å²) in [4.78, 5) is 22.7. The van der Waals surface area contributed by atoms with Gasteiger partial charge in [-0.3, -0.25) is 10.2 Å². The molecule has 4 N–H and O–H groups in total. The van der Waals surface area contributed by atoms with Gasteiger partial charge in [0.1, 0.15) is 5.60 Å².